The van der Waals surface area contributed by atoms with Gasteiger partial charge in [-0.1, -0.05) is 12.1 Å². The monoisotopic (exact) mass is 236 g/mol. The van der Waals surface area contributed by atoms with Gasteiger partial charge in [-0.15, -0.1) is 0 Å². The zero-order chi connectivity index (χ0) is 12.8. The van der Waals surface area contributed by atoms with Gasteiger partial charge in [0.25, 0.3) is 5.91 Å². The minimum absolute atomic E-state index is 0.0444. The van der Waals surface area contributed by atoms with E-state index in [1.807, 2.05) is 31.3 Å². The molecule has 4 nitrogen and oxygen atoms in total. The van der Waals surface area contributed by atoms with Crippen molar-refractivity contribution in [3.05, 3.63) is 29.8 Å². The topological polar surface area (TPSA) is 41.6 Å². The maximum Gasteiger partial charge on any atom is 0.259 e. The molecule has 0 aliphatic carbocycles. The molecule has 1 atom stereocenters. The van der Waals surface area contributed by atoms with E-state index in [4.69, 9.17) is 4.74 Å². The molecule has 0 fully saturated rings. The normalized spacial score (nSPS) is 12.0. The summed E-state index contributed by atoms with van der Waals surface area (Å²) in [6.45, 7) is 2.15. The van der Waals surface area contributed by atoms with Gasteiger partial charge in [0, 0.05) is 20.1 Å². The van der Waals surface area contributed by atoms with Crippen molar-refractivity contribution in [1.29, 1.82) is 0 Å². The van der Waals surface area contributed by atoms with Crippen LogP contribution in [0.15, 0.2) is 24.3 Å². The molecular weight excluding hydrogens is 216 g/mol. The highest BCUT2D eigenvalue weighted by molar-refractivity contribution is 5.77. The Labute approximate surface area is 103 Å². The van der Waals surface area contributed by atoms with Crippen LogP contribution in [0.3, 0.4) is 0 Å². The van der Waals surface area contributed by atoms with Gasteiger partial charge >= 0.3 is 0 Å². The van der Waals surface area contributed by atoms with Crippen molar-refractivity contribution in [2.24, 2.45) is 0 Å². The molecule has 0 heterocycles. The Morgan fingerprint density at radius 2 is 2.18 bits per heavy atom. The number of hydrogen-bond acceptors (Lipinski definition) is 3. The predicted molar refractivity (Wildman–Crippen MR) is 68.1 cm³/mol. The van der Waals surface area contributed by atoms with Crippen molar-refractivity contribution in [2.75, 3.05) is 27.7 Å². The summed E-state index contributed by atoms with van der Waals surface area (Å²) in [5.74, 6) is 0.678. The van der Waals surface area contributed by atoms with Gasteiger partial charge in [-0.05, 0) is 31.7 Å². The van der Waals surface area contributed by atoms with E-state index in [0.29, 0.717) is 0 Å². The van der Waals surface area contributed by atoms with Crippen LogP contribution in [-0.2, 0) is 4.79 Å². The summed E-state index contributed by atoms with van der Waals surface area (Å²) >= 11 is 0. The Bertz CT molecular complexity index is 377. The Kier molecular flexibility index (Phi) is 4.97. The van der Waals surface area contributed by atoms with Crippen molar-refractivity contribution in [1.82, 2.24) is 10.2 Å². The number of ether oxygens (including phenoxy) is 1. The molecule has 0 saturated carbocycles. The number of nitrogens with one attached hydrogen (secondary N) is 1. The van der Waals surface area contributed by atoms with Crippen LogP contribution in [0.2, 0.25) is 0 Å². The zero-order valence-corrected chi connectivity index (χ0v) is 10.9. The molecule has 0 bridgehead atoms. The average molecular weight is 236 g/mol. The molecule has 1 unspecified atom stereocenters. The molecule has 94 valence electrons. The van der Waals surface area contributed by atoms with E-state index in [0.717, 1.165) is 11.3 Å². The second-order valence-electron chi connectivity index (χ2n) is 4.16. The first-order valence-electron chi connectivity index (χ1n) is 5.64. The fourth-order valence-electron chi connectivity index (χ4n) is 1.31. The molecule has 1 aromatic rings. The van der Waals surface area contributed by atoms with Gasteiger partial charge in [0.15, 0.2) is 6.61 Å². The molecule has 4 heteroatoms. The van der Waals surface area contributed by atoms with Crippen molar-refractivity contribution < 1.29 is 9.53 Å². The molecular formula is C13H20N2O2. The lowest BCUT2D eigenvalue weighted by molar-refractivity contribution is -0.130. The Morgan fingerprint density at radius 3 is 2.76 bits per heavy atom. The molecule has 1 rings (SSSR count). The molecule has 0 aliphatic rings. The van der Waals surface area contributed by atoms with Gasteiger partial charge in [-0.3, -0.25) is 4.79 Å². The second-order valence-corrected chi connectivity index (χ2v) is 4.16. The van der Waals surface area contributed by atoms with E-state index >= 15 is 0 Å². The van der Waals surface area contributed by atoms with Crippen molar-refractivity contribution in [2.45, 2.75) is 13.0 Å². The fourth-order valence-corrected chi connectivity index (χ4v) is 1.31. The summed E-state index contributed by atoms with van der Waals surface area (Å²) in [6, 6.07) is 8.03. The molecule has 0 saturated heterocycles. The largest absolute Gasteiger partial charge is 0.484 e. The lowest BCUT2D eigenvalue weighted by Crippen LogP contribution is -2.27. The number of nitrogens with zero attached hydrogens (tertiary/aromatic N) is 1. The third-order valence-corrected chi connectivity index (χ3v) is 2.65. The summed E-state index contributed by atoms with van der Waals surface area (Å²) in [5.41, 5.74) is 1.14. The SMILES string of the molecule is CNC(C)c1cccc(OCC(=O)N(C)C)c1. The molecule has 0 spiro atoms. The van der Waals surface area contributed by atoms with Gasteiger partial charge in [0.2, 0.25) is 0 Å². The number of likely N-dealkylation sites (N-methyl/N-ethyl adjacent to an activating group) is 1. The standard InChI is InChI=1S/C13H20N2O2/c1-10(14-2)11-6-5-7-12(8-11)17-9-13(16)15(3)4/h5-8,10,14H,9H2,1-4H3. The number of carbonyl (C=O) groups excluding carboxylic acids is 1. The van der Waals surface area contributed by atoms with Crippen LogP contribution in [0, 0.1) is 0 Å². The van der Waals surface area contributed by atoms with E-state index in [1.165, 1.54) is 4.90 Å². The van der Waals surface area contributed by atoms with Crippen molar-refractivity contribution in [3.63, 3.8) is 0 Å². The number of amides is 1. The molecule has 17 heavy (non-hydrogen) atoms. The van der Waals surface area contributed by atoms with Crippen molar-refractivity contribution in [3.8, 4) is 5.75 Å². The van der Waals surface area contributed by atoms with Crippen molar-refractivity contribution >= 4 is 5.91 Å². The van der Waals surface area contributed by atoms with Crippen LogP contribution in [0.5, 0.6) is 5.75 Å². The summed E-state index contributed by atoms with van der Waals surface area (Å²) in [4.78, 5) is 12.9. The van der Waals surface area contributed by atoms with Gasteiger partial charge in [0.1, 0.15) is 5.75 Å². The van der Waals surface area contributed by atoms with Gasteiger partial charge in [-0.2, -0.15) is 0 Å². The minimum Gasteiger partial charge on any atom is -0.484 e. The fraction of sp³-hybridized carbons (Fsp3) is 0.462. The first-order chi connectivity index (χ1) is 8.04. The quantitative estimate of drug-likeness (QED) is 0.841. The lowest BCUT2D eigenvalue weighted by atomic mass is 10.1. The maximum atomic E-state index is 11.4. The first-order valence-corrected chi connectivity index (χ1v) is 5.64. The van der Waals surface area contributed by atoms with Gasteiger partial charge in [0.05, 0.1) is 0 Å². The van der Waals surface area contributed by atoms with E-state index in [2.05, 4.69) is 12.2 Å². The highest BCUT2D eigenvalue weighted by Crippen LogP contribution is 2.18. The van der Waals surface area contributed by atoms with Crippen LogP contribution in [-0.4, -0.2) is 38.6 Å². The molecule has 0 aliphatic heterocycles. The lowest BCUT2D eigenvalue weighted by Gasteiger charge is -2.14. The molecule has 0 radical (unpaired) electrons. The Morgan fingerprint density at radius 1 is 1.47 bits per heavy atom. The summed E-state index contributed by atoms with van der Waals surface area (Å²) < 4.78 is 5.45. The van der Waals surface area contributed by atoms with Gasteiger partial charge < -0.3 is 15.0 Å². The maximum absolute atomic E-state index is 11.4. The van der Waals surface area contributed by atoms with E-state index in [9.17, 15) is 4.79 Å². The molecule has 1 amide bonds. The summed E-state index contributed by atoms with van der Waals surface area (Å²) in [6.07, 6.45) is 0. The summed E-state index contributed by atoms with van der Waals surface area (Å²) in [7, 11) is 5.34. The number of benzene rings is 1. The predicted octanol–water partition coefficient (Wildman–Crippen LogP) is 1.43. The molecule has 1 aromatic carbocycles. The minimum atomic E-state index is -0.0444. The zero-order valence-electron chi connectivity index (χ0n) is 10.9. The van der Waals surface area contributed by atoms with Crippen LogP contribution in [0.25, 0.3) is 0 Å². The van der Waals surface area contributed by atoms with E-state index in [1.54, 1.807) is 14.1 Å². The number of rotatable bonds is 5. The third kappa shape index (κ3) is 4.07. The van der Waals surface area contributed by atoms with Crippen LogP contribution in [0.1, 0.15) is 18.5 Å². The average Bonchev–Trinajstić information content (AvgIpc) is 2.35. The Balaban J connectivity index is 2.63. The number of hydrogen-bond donors (Lipinski definition) is 1. The highest BCUT2D eigenvalue weighted by Gasteiger charge is 2.07. The number of carbonyl (C=O) groups is 1. The smallest absolute Gasteiger partial charge is 0.259 e. The van der Waals surface area contributed by atoms with Crippen LogP contribution >= 0.6 is 0 Å². The second kappa shape index (κ2) is 6.25. The third-order valence-electron chi connectivity index (χ3n) is 2.65. The first kappa shape index (κ1) is 13.5. The molecule has 1 N–H and O–H groups in total. The van der Waals surface area contributed by atoms with E-state index < -0.39 is 0 Å². The Hall–Kier alpha value is -1.55. The van der Waals surface area contributed by atoms with Crippen LogP contribution in [0.4, 0.5) is 0 Å². The van der Waals surface area contributed by atoms with Crippen LogP contribution < -0.4 is 10.1 Å². The summed E-state index contributed by atoms with van der Waals surface area (Å²) in [5, 5.41) is 3.16. The molecule has 0 aromatic heterocycles. The van der Waals surface area contributed by atoms with E-state index in [-0.39, 0.29) is 18.6 Å². The van der Waals surface area contributed by atoms with Gasteiger partial charge in [-0.25, -0.2) is 0 Å². The highest BCUT2D eigenvalue weighted by atomic mass is 16.5.